The number of anilines is 2. The van der Waals surface area contributed by atoms with Crippen LogP contribution in [0.3, 0.4) is 0 Å². The summed E-state index contributed by atoms with van der Waals surface area (Å²) in [7, 11) is 1.50. The summed E-state index contributed by atoms with van der Waals surface area (Å²) in [5.41, 5.74) is 10.5. The first-order chi connectivity index (χ1) is 26.2. The van der Waals surface area contributed by atoms with Gasteiger partial charge < -0.3 is 50.8 Å². The molecule has 287 valence electrons. The molecule has 6 aromatic carbocycles. The summed E-state index contributed by atoms with van der Waals surface area (Å²) < 4.78 is 5.55. The van der Waals surface area contributed by atoms with Crippen LogP contribution in [0.2, 0.25) is 0 Å². The number of azo groups is 1. The van der Waals surface area contributed by atoms with E-state index in [9.17, 15) is 29.4 Å². The number of phenolic OH excluding ortho intramolecular Hbond substituents is 2. The summed E-state index contributed by atoms with van der Waals surface area (Å²) in [5, 5.41) is 31.2. The Morgan fingerprint density at radius 1 is 0.596 bits per heavy atom. The number of hydrogen-bond donors (Lipinski definition) is 4. The van der Waals surface area contributed by atoms with Crippen molar-refractivity contribution in [2.75, 3.05) is 24.7 Å². The van der Waals surface area contributed by atoms with E-state index in [2.05, 4.69) is 15.5 Å². The molecule has 14 heteroatoms. The van der Waals surface area contributed by atoms with Gasteiger partial charge in [0.25, 0.3) is 0 Å². The van der Waals surface area contributed by atoms with Gasteiger partial charge in [-0.05, 0) is 59.5 Å². The largest absolute Gasteiger partial charge is 2.00 e. The normalized spacial score (nSPS) is 12.3. The zero-order chi connectivity index (χ0) is 37.7. The molecule has 2 aliphatic rings. The molecule has 0 aromatic heterocycles. The van der Waals surface area contributed by atoms with Gasteiger partial charge in [-0.15, -0.1) is 10.2 Å². The van der Waals surface area contributed by atoms with Crippen molar-refractivity contribution in [3.63, 3.8) is 0 Å². The molecule has 0 saturated carbocycles. The van der Waals surface area contributed by atoms with Crippen LogP contribution in [-0.2, 0) is 23.2 Å². The number of nitrogens with one attached hydrogen (secondary N) is 1. The van der Waals surface area contributed by atoms with E-state index < -0.39 is 5.78 Å². The van der Waals surface area contributed by atoms with Gasteiger partial charge in [-0.2, -0.15) is 0 Å². The van der Waals surface area contributed by atoms with Gasteiger partial charge in [0.2, 0.25) is 0 Å². The number of halogens is 2. The van der Waals surface area contributed by atoms with Gasteiger partial charge in [-0.25, -0.2) is 0 Å². The Morgan fingerprint density at radius 3 is 1.68 bits per heavy atom. The third kappa shape index (κ3) is 7.27. The molecule has 6 aromatic rings. The Morgan fingerprint density at radius 2 is 1.11 bits per heavy atom. The smallest absolute Gasteiger partial charge is 1.00 e. The molecule has 0 aliphatic heterocycles. The molecular formula is C43H30Cl2CoN4O7. The maximum Gasteiger partial charge on any atom is 2.00 e. The monoisotopic (exact) mass is 843 g/mol. The van der Waals surface area contributed by atoms with Gasteiger partial charge in [-0.1, -0.05) is 66.7 Å². The van der Waals surface area contributed by atoms with Crippen LogP contribution in [0.4, 0.5) is 22.7 Å². The van der Waals surface area contributed by atoms with Gasteiger partial charge in [0, 0.05) is 57.4 Å². The van der Waals surface area contributed by atoms with Gasteiger partial charge >= 0.3 is 16.8 Å². The number of carbonyl (C=O) groups excluding carboxylic acids is 4. The number of nitrogens with zero attached hydrogens (tertiary/aromatic N) is 2. The average molecular weight is 845 g/mol. The average Bonchev–Trinajstić information content (AvgIpc) is 3.18. The molecule has 1 radical (unpaired) electrons. The van der Waals surface area contributed by atoms with E-state index in [0.717, 1.165) is 5.56 Å². The quantitative estimate of drug-likeness (QED) is 0.132. The van der Waals surface area contributed by atoms with E-state index in [4.69, 9.17) is 10.5 Å². The number of methoxy groups -OCH3 is 1. The summed E-state index contributed by atoms with van der Waals surface area (Å²) in [5.74, 6) is -1.39. The van der Waals surface area contributed by atoms with Crippen molar-refractivity contribution < 1.29 is 75.7 Å². The number of ether oxygens (including phenoxy) is 1. The zero-order valence-corrected chi connectivity index (χ0v) is 32.4. The summed E-state index contributed by atoms with van der Waals surface area (Å²) >= 11 is 0. The minimum atomic E-state index is -0.394. The number of phenols is 2. The third-order valence-electron chi connectivity index (χ3n) is 9.67. The molecule has 0 fully saturated rings. The number of aromatic hydroxyl groups is 2. The second-order valence-electron chi connectivity index (χ2n) is 12.8. The molecule has 0 atom stereocenters. The Bertz CT molecular complexity index is 2670. The summed E-state index contributed by atoms with van der Waals surface area (Å²) in [6, 6.07) is 29.1. The molecular weight excluding hydrogens is 814 g/mol. The van der Waals surface area contributed by atoms with Crippen molar-refractivity contribution in [1.82, 2.24) is 0 Å². The molecule has 0 saturated heterocycles. The standard InChI is InChI=1S/C43H30N4O7.2ClH.Co/c1-54-35-20-22(10-15-32(35)47-46-31-16-11-23(48)21-34(31)49)18-19-45-33-17-13-25(37-39(33)43(53)29-9-5-3-7-27(29)41(37)51)24-12-14-30(44)38-36(24)40(50)26-6-2-4-8-28(26)42(38)52;;;/h2-17,20-21,45,48-49H,18-19,44H2,1H3;2*1H;/q;;;+2/p-2. The summed E-state index contributed by atoms with van der Waals surface area (Å²) in [4.78, 5) is 56.3. The van der Waals surface area contributed by atoms with Crippen LogP contribution in [0.1, 0.15) is 69.2 Å². The zero-order valence-electron chi connectivity index (χ0n) is 29.8. The van der Waals surface area contributed by atoms with Gasteiger partial charge in [0.15, 0.2) is 23.1 Å². The fourth-order valence-electron chi connectivity index (χ4n) is 7.07. The predicted molar refractivity (Wildman–Crippen MR) is 202 cm³/mol. The maximum atomic E-state index is 14.3. The van der Waals surface area contributed by atoms with Crippen LogP contribution in [-0.4, -0.2) is 47.0 Å². The fraction of sp³-hybridized carbons (Fsp3) is 0.0698. The molecule has 11 nitrogen and oxygen atoms in total. The number of hydrogen-bond acceptors (Lipinski definition) is 11. The first-order valence-corrected chi connectivity index (χ1v) is 17.0. The number of nitrogens with two attached hydrogens (primary N) is 1. The third-order valence-corrected chi connectivity index (χ3v) is 9.67. The first-order valence-electron chi connectivity index (χ1n) is 17.0. The second kappa shape index (κ2) is 16.8. The summed E-state index contributed by atoms with van der Waals surface area (Å²) in [6.45, 7) is 0.362. The van der Waals surface area contributed by atoms with Crippen molar-refractivity contribution in [3.8, 4) is 28.4 Å². The van der Waals surface area contributed by atoms with Crippen molar-refractivity contribution >= 4 is 45.9 Å². The van der Waals surface area contributed by atoms with Gasteiger partial charge in [-0.3, -0.25) is 19.2 Å². The Hall–Kier alpha value is -6.31. The van der Waals surface area contributed by atoms with E-state index in [1.54, 1.807) is 84.9 Å². The number of rotatable bonds is 8. The Labute approximate surface area is 349 Å². The van der Waals surface area contributed by atoms with Crippen LogP contribution in [0.25, 0.3) is 11.1 Å². The Kier molecular flexibility index (Phi) is 12.3. The number of nitrogen functional groups attached to an aromatic ring is 1. The first kappa shape index (κ1) is 41.8. The molecule has 0 spiro atoms. The van der Waals surface area contributed by atoms with Crippen molar-refractivity contribution in [3.05, 3.63) is 159 Å². The molecule has 57 heavy (non-hydrogen) atoms. The number of ketones is 4. The van der Waals surface area contributed by atoms with Crippen molar-refractivity contribution in [2.45, 2.75) is 6.42 Å². The minimum absolute atomic E-state index is 0. The maximum absolute atomic E-state index is 14.3. The van der Waals surface area contributed by atoms with Crippen molar-refractivity contribution in [1.29, 1.82) is 0 Å². The topological polar surface area (TPSA) is 181 Å². The molecule has 0 unspecified atom stereocenters. The van der Waals surface area contributed by atoms with E-state index in [1.165, 1.54) is 25.3 Å². The molecule has 0 amide bonds. The number of benzene rings is 6. The predicted octanol–water partition coefficient (Wildman–Crippen LogP) is 1.98. The van der Waals surface area contributed by atoms with Crippen LogP contribution in [0.5, 0.6) is 17.2 Å². The minimum Gasteiger partial charge on any atom is -1.00 e. The van der Waals surface area contributed by atoms with Crippen LogP contribution in [0, 0.1) is 0 Å². The van der Waals surface area contributed by atoms with E-state index in [1.807, 2.05) is 6.07 Å². The van der Waals surface area contributed by atoms with Gasteiger partial charge in [0.05, 0.1) is 18.2 Å². The van der Waals surface area contributed by atoms with E-state index in [-0.39, 0.29) is 126 Å². The summed E-state index contributed by atoms with van der Waals surface area (Å²) in [6.07, 6.45) is 0.489. The van der Waals surface area contributed by atoms with Crippen LogP contribution in [0.15, 0.2) is 119 Å². The van der Waals surface area contributed by atoms with Crippen LogP contribution >= 0.6 is 0 Å². The molecule has 0 heterocycles. The second-order valence-corrected chi connectivity index (χ2v) is 12.8. The molecule has 5 N–H and O–H groups in total. The van der Waals surface area contributed by atoms with E-state index in [0.29, 0.717) is 41.2 Å². The molecule has 0 bridgehead atoms. The molecule has 2 aliphatic carbocycles. The Balaban J connectivity index is 0.00000207. The number of carbonyl (C=O) groups is 4. The SMILES string of the molecule is COc1cc(CCNc2ccc(-c3ccc(N)c4c3C(=O)c3ccccc3C4=O)c3c2C(=O)c2ccccc2C3=O)ccc1N=Nc1ccc(O)cc1O.[Cl-].[Cl-].[Co+2]. The number of fused-ring (bicyclic) bond motifs is 4. The fourth-order valence-corrected chi connectivity index (χ4v) is 7.07. The van der Waals surface area contributed by atoms with E-state index >= 15 is 0 Å². The van der Waals surface area contributed by atoms with Crippen molar-refractivity contribution in [2.24, 2.45) is 10.2 Å². The molecule has 8 rings (SSSR count). The van der Waals surface area contributed by atoms with Gasteiger partial charge in [0.1, 0.15) is 28.6 Å². The van der Waals surface area contributed by atoms with Crippen LogP contribution < -0.4 is 40.6 Å².